The molecule has 0 aliphatic carbocycles. The third-order valence-corrected chi connectivity index (χ3v) is 6.55. The van der Waals surface area contributed by atoms with Crippen molar-refractivity contribution in [3.63, 3.8) is 0 Å². The Hall–Kier alpha value is -1.97. The number of nitrogens with zero attached hydrogens (tertiary/aromatic N) is 3. The molecule has 0 unspecified atom stereocenters. The molecule has 2 rings (SSSR count). The van der Waals surface area contributed by atoms with Crippen molar-refractivity contribution in [2.45, 2.75) is 129 Å². The smallest absolute Gasteiger partial charge is 0.267 e. The summed E-state index contributed by atoms with van der Waals surface area (Å²) in [5.74, 6) is -0.119. The van der Waals surface area contributed by atoms with E-state index in [1.165, 1.54) is 114 Å². The largest absolute Gasteiger partial charge is 0.272 e. The Bertz CT molecular complexity index is 780. The number of carbonyl (C=O) groups excluding carboxylic acids is 1. The SMILES string of the molecule is CCCCCCCCCCCCCCCCCCCC/C=C/C(=O)n1nnc2ccccc21. The van der Waals surface area contributed by atoms with Crippen molar-refractivity contribution in [3.8, 4) is 0 Å². The summed E-state index contributed by atoms with van der Waals surface area (Å²) in [6.45, 7) is 2.29. The lowest BCUT2D eigenvalue weighted by atomic mass is 10.0. The van der Waals surface area contributed by atoms with Gasteiger partial charge in [-0.05, 0) is 25.0 Å². The highest BCUT2D eigenvalue weighted by molar-refractivity contribution is 5.95. The summed E-state index contributed by atoms with van der Waals surface area (Å²) in [6, 6.07) is 7.55. The Morgan fingerprint density at radius 1 is 0.727 bits per heavy atom. The second kappa shape index (κ2) is 18.5. The van der Waals surface area contributed by atoms with Crippen LogP contribution in [-0.4, -0.2) is 20.9 Å². The molecule has 0 saturated heterocycles. The van der Waals surface area contributed by atoms with E-state index in [9.17, 15) is 4.79 Å². The van der Waals surface area contributed by atoms with Gasteiger partial charge in [-0.3, -0.25) is 4.79 Å². The number of hydrogen-bond donors (Lipinski definition) is 0. The molecular formula is C29H47N3O. The highest BCUT2D eigenvalue weighted by atomic mass is 16.2. The molecule has 0 amide bonds. The predicted molar refractivity (Wildman–Crippen MR) is 141 cm³/mol. The Morgan fingerprint density at radius 2 is 1.21 bits per heavy atom. The molecule has 1 aromatic carbocycles. The van der Waals surface area contributed by atoms with Crippen molar-refractivity contribution < 1.29 is 4.79 Å². The summed E-state index contributed by atoms with van der Waals surface area (Å²) in [5, 5.41) is 8.00. The fourth-order valence-corrected chi connectivity index (χ4v) is 4.45. The van der Waals surface area contributed by atoms with Crippen LogP contribution in [0.25, 0.3) is 11.0 Å². The Labute approximate surface area is 202 Å². The molecule has 0 N–H and O–H groups in total. The van der Waals surface area contributed by atoms with Gasteiger partial charge in [-0.25, -0.2) is 0 Å². The lowest BCUT2D eigenvalue weighted by molar-refractivity contribution is 0.0957. The number of carbonyl (C=O) groups is 1. The van der Waals surface area contributed by atoms with Crippen molar-refractivity contribution in [2.24, 2.45) is 0 Å². The van der Waals surface area contributed by atoms with Gasteiger partial charge in [0.05, 0.1) is 5.52 Å². The van der Waals surface area contributed by atoms with E-state index in [2.05, 4.69) is 17.2 Å². The number of unbranched alkanes of at least 4 members (excludes halogenated alkanes) is 18. The molecule has 2 aromatic rings. The normalized spacial score (nSPS) is 11.7. The summed E-state index contributed by atoms with van der Waals surface area (Å²) in [6.07, 6.45) is 29.6. The summed E-state index contributed by atoms with van der Waals surface area (Å²) in [4.78, 5) is 12.3. The van der Waals surface area contributed by atoms with E-state index >= 15 is 0 Å². The van der Waals surface area contributed by atoms with Crippen LogP contribution in [0.3, 0.4) is 0 Å². The second-order valence-corrected chi connectivity index (χ2v) is 9.53. The summed E-state index contributed by atoms with van der Waals surface area (Å²) < 4.78 is 1.38. The van der Waals surface area contributed by atoms with Crippen LogP contribution in [0.4, 0.5) is 0 Å². The highest BCUT2D eigenvalue weighted by Gasteiger charge is 2.07. The third-order valence-electron chi connectivity index (χ3n) is 6.55. The van der Waals surface area contributed by atoms with Crippen LogP contribution in [-0.2, 0) is 0 Å². The van der Waals surface area contributed by atoms with Gasteiger partial charge in [0, 0.05) is 6.08 Å². The lowest BCUT2D eigenvalue weighted by Gasteiger charge is -2.03. The Morgan fingerprint density at radius 3 is 1.76 bits per heavy atom. The van der Waals surface area contributed by atoms with Crippen LogP contribution in [0, 0.1) is 0 Å². The quantitative estimate of drug-likeness (QED) is 0.148. The van der Waals surface area contributed by atoms with E-state index in [1.54, 1.807) is 6.08 Å². The van der Waals surface area contributed by atoms with E-state index in [4.69, 9.17) is 0 Å². The van der Waals surface area contributed by atoms with Crippen molar-refractivity contribution in [1.29, 1.82) is 0 Å². The zero-order chi connectivity index (χ0) is 23.4. The van der Waals surface area contributed by atoms with Crippen molar-refractivity contribution in [2.75, 3.05) is 0 Å². The molecule has 4 heteroatoms. The van der Waals surface area contributed by atoms with Gasteiger partial charge in [-0.15, -0.1) is 5.10 Å². The molecule has 0 bridgehead atoms. The molecule has 0 aliphatic heterocycles. The van der Waals surface area contributed by atoms with Crippen LogP contribution in [0.5, 0.6) is 0 Å². The van der Waals surface area contributed by atoms with Crippen LogP contribution in [0.15, 0.2) is 36.4 Å². The first kappa shape index (κ1) is 27.3. The van der Waals surface area contributed by atoms with E-state index in [1.807, 2.05) is 30.3 Å². The molecule has 0 fully saturated rings. The molecule has 1 aromatic heterocycles. The van der Waals surface area contributed by atoms with Gasteiger partial charge >= 0.3 is 0 Å². The first-order chi connectivity index (χ1) is 16.3. The van der Waals surface area contributed by atoms with Gasteiger partial charge in [0.2, 0.25) is 0 Å². The van der Waals surface area contributed by atoms with Crippen molar-refractivity contribution in [3.05, 3.63) is 36.4 Å². The average Bonchev–Trinajstić information content (AvgIpc) is 3.27. The Kier molecular flexibility index (Phi) is 15.3. The molecular weight excluding hydrogens is 406 g/mol. The molecule has 33 heavy (non-hydrogen) atoms. The van der Waals surface area contributed by atoms with Gasteiger partial charge in [-0.1, -0.05) is 139 Å². The van der Waals surface area contributed by atoms with Crippen LogP contribution < -0.4 is 0 Å². The number of benzene rings is 1. The minimum atomic E-state index is -0.119. The summed E-state index contributed by atoms with van der Waals surface area (Å²) >= 11 is 0. The topological polar surface area (TPSA) is 47.8 Å². The molecule has 0 atom stereocenters. The van der Waals surface area contributed by atoms with E-state index in [-0.39, 0.29) is 5.91 Å². The molecule has 4 nitrogen and oxygen atoms in total. The lowest BCUT2D eigenvalue weighted by Crippen LogP contribution is -2.08. The zero-order valence-corrected chi connectivity index (χ0v) is 21.1. The average molecular weight is 454 g/mol. The summed E-state index contributed by atoms with van der Waals surface area (Å²) in [5.41, 5.74) is 1.52. The molecule has 1 heterocycles. The number of para-hydroxylation sites is 1. The molecule has 0 spiro atoms. The van der Waals surface area contributed by atoms with Gasteiger partial charge in [0.25, 0.3) is 5.91 Å². The number of allylic oxidation sites excluding steroid dienone is 2. The van der Waals surface area contributed by atoms with Crippen LogP contribution in [0.1, 0.15) is 134 Å². The van der Waals surface area contributed by atoms with E-state index in [0.29, 0.717) is 0 Å². The minimum Gasteiger partial charge on any atom is -0.267 e. The molecule has 0 radical (unpaired) electrons. The number of fused-ring (bicyclic) bond motifs is 1. The van der Waals surface area contributed by atoms with Gasteiger partial charge in [-0.2, -0.15) is 4.68 Å². The number of hydrogen-bond acceptors (Lipinski definition) is 3. The first-order valence-corrected chi connectivity index (χ1v) is 13.8. The van der Waals surface area contributed by atoms with Gasteiger partial charge in [0.15, 0.2) is 0 Å². The number of rotatable bonds is 20. The van der Waals surface area contributed by atoms with E-state index < -0.39 is 0 Å². The second-order valence-electron chi connectivity index (χ2n) is 9.53. The molecule has 0 aliphatic rings. The first-order valence-electron chi connectivity index (χ1n) is 13.8. The van der Waals surface area contributed by atoms with Crippen LogP contribution in [0.2, 0.25) is 0 Å². The Balaban J connectivity index is 1.33. The maximum absolute atomic E-state index is 12.3. The van der Waals surface area contributed by atoms with Gasteiger partial charge in [0.1, 0.15) is 5.52 Å². The number of aromatic nitrogens is 3. The third kappa shape index (κ3) is 12.2. The van der Waals surface area contributed by atoms with Crippen molar-refractivity contribution in [1.82, 2.24) is 15.0 Å². The maximum Gasteiger partial charge on any atom is 0.272 e. The highest BCUT2D eigenvalue weighted by Crippen LogP contribution is 2.15. The van der Waals surface area contributed by atoms with Crippen molar-refractivity contribution >= 4 is 16.9 Å². The van der Waals surface area contributed by atoms with Gasteiger partial charge < -0.3 is 0 Å². The zero-order valence-electron chi connectivity index (χ0n) is 21.1. The standard InChI is InChI=1S/C29H47N3O/c1-2-3-4-5-6-7-8-9-10-11-12-13-14-15-16-17-18-19-20-21-26-29(33)32-28-25-23-22-24-27(28)30-31-32/h21-26H,2-20H2,1H3/b26-21+. The minimum absolute atomic E-state index is 0.119. The maximum atomic E-state index is 12.3. The fraction of sp³-hybridized carbons (Fsp3) is 0.690. The van der Waals surface area contributed by atoms with E-state index in [0.717, 1.165) is 23.9 Å². The fourth-order valence-electron chi connectivity index (χ4n) is 4.45. The molecule has 184 valence electrons. The van der Waals surface area contributed by atoms with Crippen LogP contribution >= 0.6 is 0 Å². The summed E-state index contributed by atoms with van der Waals surface area (Å²) in [7, 11) is 0. The predicted octanol–water partition coefficient (Wildman–Crippen LogP) is 9.06. The monoisotopic (exact) mass is 453 g/mol. The molecule has 0 saturated carbocycles.